The van der Waals surface area contributed by atoms with E-state index in [0.29, 0.717) is 0 Å². The summed E-state index contributed by atoms with van der Waals surface area (Å²) in [5, 5.41) is 0. The lowest BCUT2D eigenvalue weighted by molar-refractivity contribution is 0.378. The normalized spacial score (nSPS) is 20.1. The SMILES string of the molecule is C[Si](C)(C)C(=PN1CCCCC1)[Si](C)(C)C. The van der Waals surface area contributed by atoms with Gasteiger partial charge in [-0.2, -0.15) is 0 Å². The van der Waals surface area contributed by atoms with Crippen LogP contribution >= 0.6 is 8.35 Å². The molecule has 16 heavy (non-hydrogen) atoms. The van der Waals surface area contributed by atoms with Crippen LogP contribution in [0.1, 0.15) is 19.3 Å². The van der Waals surface area contributed by atoms with Crippen LogP contribution in [0, 0.1) is 0 Å². The highest BCUT2D eigenvalue weighted by Gasteiger charge is 2.32. The van der Waals surface area contributed by atoms with E-state index in [9.17, 15) is 0 Å². The third-order valence-corrected chi connectivity index (χ3v) is 15.8. The molecular formula is C12H28NPSi2. The number of hydrogen-bond acceptors (Lipinski definition) is 1. The fourth-order valence-corrected chi connectivity index (χ4v) is 15.6. The van der Waals surface area contributed by atoms with Crippen LogP contribution in [0.25, 0.3) is 0 Å². The molecule has 94 valence electrons. The predicted octanol–water partition coefficient (Wildman–Crippen LogP) is 4.26. The van der Waals surface area contributed by atoms with Gasteiger partial charge in [-0.15, -0.1) is 0 Å². The maximum absolute atomic E-state index is 2.69. The molecule has 1 fully saturated rings. The summed E-state index contributed by atoms with van der Waals surface area (Å²) in [6.07, 6.45) is 4.27. The monoisotopic (exact) mass is 273 g/mol. The highest BCUT2D eigenvalue weighted by atomic mass is 31.1. The second kappa shape index (κ2) is 5.47. The zero-order valence-corrected chi connectivity index (χ0v) is 14.8. The molecule has 0 aromatic heterocycles. The van der Waals surface area contributed by atoms with Gasteiger partial charge in [0.1, 0.15) is 0 Å². The van der Waals surface area contributed by atoms with Crippen molar-refractivity contribution in [3.05, 3.63) is 0 Å². The molecule has 1 aliphatic rings. The van der Waals surface area contributed by atoms with E-state index >= 15 is 0 Å². The van der Waals surface area contributed by atoms with E-state index in [1.807, 2.05) is 4.54 Å². The van der Waals surface area contributed by atoms with Crippen LogP contribution in [0.5, 0.6) is 0 Å². The molecule has 0 aliphatic carbocycles. The van der Waals surface area contributed by atoms with Crippen LogP contribution in [0.15, 0.2) is 0 Å². The average Bonchev–Trinajstić information content (AvgIpc) is 2.12. The van der Waals surface area contributed by atoms with Gasteiger partial charge in [0.25, 0.3) is 0 Å². The second-order valence-corrected chi connectivity index (χ2v) is 19.5. The first-order valence-corrected chi connectivity index (χ1v) is 14.4. The molecule has 1 heterocycles. The molecule has 0 radical (unpaired) electrons. The summed E-state index contributed by atoms with van der Waals surface area (Å²) >= 11 is 0. The lowest BCUT2D eigenvalue weighted by Gasteiger charge is -2.33. The van der Waals surface area contributed by atoms with Crippen LogP contribution < -0.4 is 0 Å². The van der Waals surface area contributed by atoms with Crippen molar-refractivity contribution in [2.24, 2.45) is 0 Å². The molecule has 0 saturated carbocycles. The first kappa shape index (κ1) is 14.6. The van der Waals surface area contributed by atoms with Crippen LogP contribution in [-0.4, -0.2) is 38.4 Å². The van der Waals surface area contributed by atoms with Gasteiger partial charge in [0, 0.05) is 13.1 Å². The molecule has 0 N–H and O–H groups in total. The van der Waals surface area contributed by atoms with E-state index in [1.54, 1.807) is 8.35 Å². The van der Waals surface area contributed by atoms with Gasteiger partial charge >= 0.3 is 0 Å². The molecule has 1 aliphatic heterocycles. The number of piperidine rings is 1. The van der Waals surface area contributed by atoms with Gasteiger partial charge in [-0.25, -0.2) is 0 Å². The minimum Gasteiger partial charge on any atom is -0.258 e. The highest BCUT2D eigenvalue weighted by molar-refractivity contribution is 7.61. The van der Waals surface area contributed by atoms with Gasteiger partial charge in [0.15, 0.2) is 0 Å². The first-order valence-electron chi connectivity index (χ1n) is 6.56. The molecule has 0 aromatic rings. The Balaban J connectivity index is 2.87. The molecular weight excluding hydrogens is 245 g/mol. The van der Waals surface area contributed by atoms with Crippen molar-refractivity contribution in [3.8, 4) is 0 Å². The summed E-state index contributed by atoms with van der Waals surface area (Å²) in [7, 11) is -0.562. The van der Waals surface area contributed by atoms with Gasteiger partial charge in [0.05, 0.1) is 16.1 Å². The molecule has 0 atom stereocenters. The average molecular weight is 274 g/mol. The summed E-state index contributed by atoms with van der Waals surface area (Å²) in [6.45, 7) is 17.8. The molecule has 1 rings (SSSR count). The van der Waals surface area contributed by atoms with Crippen LogP contribution in [-0.2, 0) is 0 Å². The van der Waals surface area contributed by atoms with Gasteiger partial charge in [-0.05, 0) is 21.2 Å². The molecule has 1 nitrogen and oxygen atoms in total. The maximum atomic E-state index is 2.69. The fourth-order valence-electron chi connectivity index (χ4n) is 2.54. The van der Waals surface area contributed by atoms with Crippen LogP contribution in [0.4, 0.5) is 0 Å². The highest BCUT2D eigenvalue weighted by Crippen LogP contribution is 2.26. The van der Waals surface area contributed by atoms with Gasteiger partial charge in [-0.3, -0.25) is 4.67 Å². The fraction of sp³-hybridized carbons (Fsp3) is 0.917. The van der Waals surface area contributed by atoms with Crippen molar-refractivity contribution in [1.29, 1.82) is 0 Å². The van der Waals surface area contributed by atoms with Crippen molar-refractivity contribution >= 4 is 29.0 Å². The molecule has 4 heteroatoms. The Labute approximate surface area is 105 Å². The standard InChI is InChI=1S/C12H28NPSi2/c1-15(2,3)12(16(4,5)6)14-13-10-8-7-9-11-13/h7-11H2,1-6H3. The molecule has 0 aromatic carbocycles. The molecule has 0 bridgehead atoms. The Kier molecular flexibility index (Phi) is 5.00. The molecule has 0 unspecified atom stereocenters. The Morgan fingerprint density at radius 3 is 1.62 bits per heavy atom. The number of rotatable bonds is 3. The van der Waals surface area contributed by atoms with Gasteiger partial charge in [0.2, 0.25) is 0 Å². The zero-order valence-electron chi connectivity index (χ0n) is 11.9. The van der Waals surface area contributed by atoms with Crippen LogP contribution in [0.3, 0.4) is 0 Å². The van der Waals surface area contributed by atoms with Crippen LogP contribution in [0.2, 0.25) is 39.3 Å². The molecule has 1 saturated heterocycles. The Morgan fingerprint density at radius 2 is 1.25 bits per heavy atom. The van der Waals surface area contributed by atoms with Gasteiger partial charge in [-0.1, -0.05) is 50.2 Å². The summed E-state index contributed by atoms with van der Waals surface area (Å²) in [5.41, 5.74) is 0. The molecule has 0 amide bonds. The smallest absolute Gasteiger partial charge is 0.0747 e. The van der Waals surface area contributed by atoms with Crippen molar-refractivity contribution in [2.45, 2.75) is 58.5 Å². The zero-order chi connectivity index (χ0) is 12.4. The summed E-state index contributed by atoms with van der Waals surface area (Å²) < 4.78 is 4.64. The molecule has 0 spiro atoms. The van der Waals surface area contributed by atoms with E-state index in [-0.39, 0.29) is 0 Å². The Hall–Kier alpha value is 0.564. The Bertz CT molecular complexity index is 241. The largest absolute Gasteiger partial charge is 0.258 e. The summed E-state index contributed by atoms with van der Waals surface area (Å²) in [5.74, 6) is 0. The summed E-state index contributed by atoms with van der Waals surface area (Å²) in [4.78, 5) is 0. The topological polar surface area (TPSA) is 3.24 Å². The second-order valence-electron chi connectivity index (χ2n) is 6.96. The Morgan fingerprint density at radius 1 is 0.812 bits per heavy atom. The van der Waals surface area contributed by atoms with E-state index in [0.717, 1.165) is 0 Å². The van der Waals surface area contributed by atoms with E-state index < -0.39 is 16.1 Å². The van der Waals surface area contributed by atoms with E-state index in [1.165, 1.54) is 32.4 Å². The summed E-state index contributed by atoms with van der Waals surface area (Å²) in [6, 6.07) is 0. The quantitative estimate of drug-likeness (QED) is 0.548. The van der Waals surface area contributed by atoms with Crippen molar-refractivity contribution < 1.29 is 0 Å². The maximum Gasteiger partial charge on any atom is 0.0747 e. The lowest BCUT2D eigenvalue weighted by Crippen LogP contribution is -2.49. The van der Waals surface area contributed by atoms with Crippen molar-refractivity contribution in [1.82, 2.24) is 4.67 Å². The number of nitrogens with zero attached hydrogens (tertiary/aromatic N) is 1. The minimum atomic E-state index is -1.08. The van der Waals surface area contributed by atoms with Gasteiger partial charge < -0.3 is 0 Å². The predicted molar refractivity (Wildman–Crippen MR) is 84.0 cm³/mol. The number of hydrogen-bond donors (Lipinski definition) is 0. The minimum absolute atomic E-state index is 1.08. The first-order chi connectivity index (χ1) is 7.21. The van der Waals surface area contributed by atoms with E-state index in [2.05, 4.69) is 44.0 Å². The van der Waals surface area contributed by atoms with Crippen molar-refractivity contribution in [2.75, 3.05) is 13.1 Å². The third kappa shape index (κ3) is 4.44. The van der Waals surface area contributed by atoms with E-state index in [4.69, 9.17) is 0 Å². The third-order valence-electron chi connectivity index (χ3n) is 2.99. The van der Waals surface area contributed by atoms with Crippen molar-refractivity contribution in [3.63, 3.8) is 0 Å². The lowest BCUT2D eigenvalue weighted by atomic mass is 10.2.